The van der Waals surface area contributed by atoms with Gasteiger partial charge in [-0.1, -0.05) is 46.5 Å². The van der Waals surface area contributed by atoms with Crippen LogP contribution in [0.4, 0.5) is 8.78 Å². The standard InChI is InChI=1S/C19H32F2O7.ClH/c1-4-5-6-7-8-9-14(23)27-10-13(22)15(24)16-11(2)12(3)17(20)19(21,28-16)18(25)26;/h11-13,15-17,22,24H,4-10H2,1-3H3,(H,25,26);1H/t11?,12?,13-,15-,16?,17?,19?;/m1./s1. The molecule has 7 atom stereocenters. The van der Waals surface area contributed by atoms with E-state index in [0.29, 0.717) is 6.42 Å². The fraction of sp³-hybridized carbons (Fsp3) is 0.895. The molecular weight excluding hydrogens is 414 g/mol. The number of halogens is 3. The maximum Gasteiger partial charge on any atom is 0.372 e. The van der Waals surface area contributed by atoms with Gasteiger partial charge in [-0.15, -0.1) is 12.4 Å². The SMILES string of the molecule is CCCCCCCC(=O)OC[C@@H](O)[C@@H](O)C1OC(F)(C(=O)O)C(F)C(C)C1C.Cl. The molecule has 1 aliphatic heterocycles. The maximum atomic E-state index is 14.5. The van der Waals surface area contributed by atoms with Crippen molar-refractivity contribution in [1.82, 2.24) is 0 Å². The molecule has 0 bridgehead atoms. The Morgan fingerprint density at radius 1 is 1.14 bits per heavy atom. The van der Waals surface area contributed by atoms with E-state index in [1.807, 2.05) is 0 Å². The number of hydrogen-bond donors (Lipinski definition) is 3. The second-order valence-corrected chi connectivity index (χ2v) is 7.56. The molecule has 3 N–H and O–H groups in total. The summed E-state index contributed by atoms with van der Waals surface area (Å²) in [5.74, 6) is -8.15. The Morgan fingerprint density at radius 3 is 2.28 bits per heavy atom. The van der Waals surface area contributed by atoms with Gasteiger partial charge < -0.3 is 24.8 Å². The molecule has 5 unspecified atom stereocenters. The average Bonchev–Trinajstić information content (AvgIpc) is 2.66. The summed E-state index contributed by atoms with van der Waals surface area (Å²) < 4.78 is 38.2. The first-order chi connectivity index (χ1) is 13.1. The predicted molar refractivity (Wildman–Crippen MR) is 103 cm³/mol. The van der Waals surface area contributed by atoms with Crippen LogP contribution >= 0.6 is 12.4 Å². The third-order valence-corrected chi connectivity index (χ3v) is 5.39. The van der Waals surface area contributed by atoms with Crippen LogP contribution in [0.15, 0.2) is 0 Å². The summed E-state index contributed by atoms with van der Waals surface area (Å²) in [6, 6.07) is 0. The molecule has 172 valence electrons. The van der Waals surface area contributed by atoms with E-state index in [-0.39, 0.29) is 18.8 Å². The van der Waals surface area contributed by atoms with Gasteiger partial charge in [0.05, 0.1) is 6.10 Å². The number of aliphatic hydroxyl groups excluding tert-OH is 2. The smallest absolute Gasteiger partial charge is 0.372 e. The Hall–Kier alpha value is -1.03. The molecule has 1 aliphatic rings. The minimum absolute atomic E-state index is 0. The zero-order valence-corrected chi connectivity index (χ0v) is 17.9. The summed E-state index contributed by atoms with van der Waals surface area (Å²) in [6.07, 6.45) is -2.38. The highest BCUT2D eigenvalue weighted by atomic mass is 35.5. The molecule has 1 heterocycles. The van der Waals surface area contributed by atoms with Crippen molar-refractivity contribution >= 4 is 24.3 Å². The number of carboxylic acids is 1. The lowest BCUT2D eigenvalue weighted by molar-refractivity contribution is -0.291. The molecule has 29 heavy (non-hydrogen) atoms. The normalized spacial score (nSPS) is 31.4. The minimum atomic E-state index is -3.62. The van der Waals surface area contributed by atoms with Crippen LogP contribution in [0.3, 0.4) is 0 Å². The Kier molecular flexibility index (Phi) is 12.2. The van der Waals surface area contributed by atoms with Crippen LogP contribution in [0.5, 0.6) is 0 Å². The Bertz CT molecular complexity index is 525. The highest BCUT2D eigenvalue weighted by Crippen LogP contribution is 2.41. The second-order valence-electron chi connectivity index (χ2n) is 7.56. The maximum absolute atomic E-state index is 14.5. The molecule has 10 heteroatoms. The van der Waals surface area contributed by atoms with E-state index in [9.17, 15) is 28.6 Å². The van der Waals surface area contributed by atoms with Crippen molar-refractivity contribution < 1.29 is 43.2 Å². The predicted octanol–water partition coefficient (Wildman–Crippen LogP) is 2.79. The van der Waals surface area contributed by atoms with Crippen molar-refractivity contribution in [3.63, 3.8) is 0 Å². The fourth-order valence-corrected chi connectivity index (χ4v) is 3.26. The van der Waals surface area contributed by atoms with Gasteiger partial charge in [-0.3, -0.25) is 4.79 Å². The number of carbonyl (C=O) groups excluding carboxylic acids is 1. The summed E-state index contributed by atoms with van der Waals surface area (Å²) in [6.45, 7) is 4.29. The number of hydrogen-bond acceptors (Lipinski definition) is 6. The zero-order chi connectivity index (χ0) is 21.5. The molecule has 0 radical (unpaired) electrons. The molecule has 0 spiro atoms. The van der Waals surface area contributed by atoms with E-state index in [4.69, 9.17) is 14.6 Å². The van der Waals surface area contributed by atoms with Crippen molar-refractivity contribution in [1.29, 1.82) is 0 Å². The van der Waals surface area contributed by atoms with Gasteiger partial charge in [-0.2, -0.15) is 4.39 Å². The summed E-state index contributed by atoms with van der Waals surface area (Å²) in [5.41, 5.74) is 0. The molecule has 0 saturated carbocycles. The lowest BCUT2D eigenvalue weighted by Gasteiger charge is -2.45. The van der Waals surface area contributed by atoms with Crippen molar-refractivity contribution in [2.45, 2.75) is 89.6 Å². The van der Waals surface area contributed by atoms with Gasteiger partial charge in [0, 0.05) is 6.42 Å². The van der Waals surface area contributed by atoms with Crippen molar-refractivity contribution in [3.8, 4) is 0 Å². The van der Waals surface area contributed by atoms with Crippen LogP contribution in [-0.2, 0) is 19.1 Å². The summed E-state index contributed by atoms with van der Waals surface area (Å²) >= 11 is 0. The number of carboxylic acid groups (broad SMARTS) is 1. The van der Waals surface area contributed by atoms with Crippen LogP contribution in [0, 0.1) is 11.8 Å². The first-order valence-corrected chi connectivity index (χ1v) is 9.82. The van der Waals surface area contributed by atoms with E-state index in [2.05, 4.69) is 6.92 Å². The molecule has 1 saturated heterocycles. The van der Waals surface area contributed by atoms with Crippen LogP contribution in [0.25, 0.3) is 0 Å². The van der Waals surface area contributed by atoms with Gasteiger partial charge in [0.1, 0.15) is 18.8 Å². The van der Waals surface area contributed by atoms with Crippen molar-refractivity contribution in [2.75, 3.05) is 6.61 Å². The largest absolute Gasteiger partial charge is 0.477 e. The van der Waals surface area contributed by atoms with Crippen molar-refractivity contribution in [2.24, 2.45) is 11.8 Å². The summed E-state index contributed by atoms with van der Waals surface area (Å²) in [4.78, 5) is 22.8. The van der Waals surface area contributed by atoms with E-state index in [1.165, 1.54) is 13.8 Å². The van der Waals surface area contributed by atoms with E-state index in [0.717, 1.165) is 25.7 Å². The molecule has 0 aromatic rings. The third-order valence-electron chi connectivity index (χ3n) is 5.39. The fourth-order valence-electron chi connectivity index (χ4n) is 3.26. The van der Waals surface area contributed by atoms with Crippen LogP contribution in [-0.4, -0.2) is 64.2 Å². The molecule has 0 aromatic carbocycles. The highest BCUT2D eigenvalue weighted by molar-refractivity contribution is 5.85. The third kappa shape index (κ3) is 7.31. The van der Waals surface area contributed by atoms with Crippen LogP contribution in [0.1, 0.15) is 59.3 Å². The Labute approximate surface area is 176 Å². The van der Waals surface area contributed by atoms with Gasteiger partial charge in [-0.05, 0) is 18.3 Å². The van der Waals surface area contributed by atoms with Crippen LogP contribution in [0.2, 0.25) is 0 Å². The quantitative estimate of drug-likeness (QED) is 0.330. The lowest BCUT2D eigenvalue weighted by atomic mass is 9.78. The molecule has 7 nitrogen and oxygen atoms in total. The van der Waals surface area contributed by atoms with Crippen LogP contribution < -0.4 is 0 Å². The molecule has 1 rings (SSSR count). The number of aliphatic carboxylic acids is 1. The number of rotatable bonds is 11. The van der Waals surface area contributed by atoms with Crippen molar-refractivity contribution in [3.05, 3.63) is 0 Å². The van der Waals surface area contributed by atoms with Gasteiger partial charge in [-0.25, -0.2) is 9.18 Å². The first-order valence-electron chi connectivity index (χ1n) is 9.82. The average molecular weight is 447 g/mol. The van der Waals surface area contributed by atoms with Gasteiger partial charge in [0.2, 0.25) is 0 Å². The zero-order valence-electron chi connectivity index (χ0n) is 17.1. The number of ether oxygens (including phenoxy) is 2. The molecule has 0 amide bonds. The highest BCUT2D eigenvalue weighted by Gasteiger charge is 2.60. The van der Waals surface area contributed by atoms with Gasteiger partial charge in [0.25, 0.3) is 0 Å². The Morgan fingerprint density at radius 2 is 1.72 bits per heavy atom. The monoisotopic (exact) mass is 446 g/mol. The first kappa shape index (κ1) is 28.0. The molecular formula is C19H33ClF2O7. The molecule has 0 aromatic heterocycles. The number of carbonyl (C=O) groups is 2. The topological polar surface area (TPSA) is 113 Å². The van der Waals surface area contributed by atoms with Gasteiger partial charge in [0.15, 0.2) is 6.17 Å². The van der Waals surface area contributed by atoms with E-state index in [1.54, 1.807) is 0 Å². The second kappa shape index (κ2) is 12.6. The summed E-state index contributed by atoms with van der Waals surface area (Å²) in [5, 5.41) is 29.3. The molecule has 1 fully saturated rings. The van der Waals surface area contributed by atoms with E-state index < -0.39 is 60.7 Å². The number of alkyl halides is 2. The molecule has 0 aliphatic carbocycles. The number of esters is 1. The lowest BCUT2D eigenvalue weighted by Crippen LogP contribution is -2.62. The van der Waals surface area contributed by atoms with Gasteiger partial charge >= 0.3 is 17.8 Å². The van der Waals surface area contributed by atoms with E-state index >= 15 is 0 Å². The minimum Gasteiger partial charge on any atom is -0.477 e. The Balaban J connectivity index is 0.00000784. The number of aliphatic hydroxyl groups is 2. The summed E-state index contributed by atoms with van der Waals surface area (Å²) in [7, 11) is 0. The number of unbranched alkanes of at least 4 members (excludes halogenated alkanes) is 4.